The number of fused-ring (bicyclic) bond motifs is 10. The van der Waals surface area contributed by atoms with Crippen molar-refractivity contribution in [2.75, 3.05) is 26.4 Å². The maximum Gasteiger partial charge on any atom is 0.302 e. The molecule has 2 heterocycles. The smallest absolute Gasteiger partial charge is 0.302 e. The van der Waals surface area contributed by atoms with E-state index in [0.717, 1.165) is 50.5 Å². The topological polar surface area (TPSA) is 192 Å². The van der Waals surface area contributed by atoms with Gasteiger partial charge in [-0.3, -0.25) is 9.59 Å². The van der Waals surface area contributed by atoms with Crippen LogP contribution in [0.2, 0.25) is 0 Å². The minimum Gasteiger partial charge on any atom is -0.462 e. The molecular weight excluding hydrogens is 672 g/mol. The largest absolute Gasteiger partial charge is 0.462 e. The van der Waals surface area contributed by atoms with Gasteiger partial charge in [0.1, 0.15) is 12.2 Å². The Bertz CT molecular complexity index is 1390. The highest BCUT2D eigenvalue weighted by molar-refractivity contribution is 5.66. The third kappa shape index (κ3) is 6.01. The second kappa shape index (κ2) is 14.1. The molecule has 0 spiro atoms. The van der Waals surface area contributed by atoms with Crippen LogP contribution in [0.5, 0.6) is 0 Å². The molecule has 5 saturated carbocycles. The highest BCUT2D eigenvalue weighted by Gasteiger charge is 2.67. The number of carbonyl (C=O) groups excluding carboxylic acids is 2. The van der Waals surface area contributed by atoms with Crippen molar-refractivity contribution in [3.8, 4) is 0 Å². The lowest BCUT2D eigenvalue weighted by Gasteiger charge is -2.61. The Morgan fingerprint density at radius 1 is 0.750 bits per heavy atom. The van der Waals surface area contributed by atoms with Gasteiger partial charge in [-0.25, -0.2) is 0 Å². The van der Waals surface area contributed by atoms with E-state index in [0.29, 0.717) is 38.9 Å². The second-order valence-corrected chi connectivity index (χ2v) is 18.4. The van der Waals surface area contributed by atoms with Gasteiger partial charge in [-0.15, -0.1) is 0 Å². The van der Waals surface area contributed by atoms with Crippen molar-refractivity contribution in [3.63, 3.8) is 0 Å². The molecule has 7 fully saturated rings. The van der Waals surface area contributed by atoms with Crippen LogP contribution in [0, 0.1) is 51.2 Å². The van der Waals surface area contributed by atoms with Gasteiger partial charge >= 0.3 is 11.9 Å². The van der Waals surface area contributed by atoms with Crippen molar-refractivity contribution >= 4 is 11.9 Å². The Hall–Kier alpha value is -1.64. The summed E-state index contributed by atoms with van der Waals surface area (Å²) in [6.07, 6.45) is 7.50. The van der Waals surface area contributed by atoms with Crippen molar-refractivity contribution in [3.05, 3.63) is 11.6 Å². The Morgan fingerprint density at radius 2 is 1.31 bits per heavy atom. The van der Waals surface area contributed by atoms with Gasteiger partial charge in [-0.1, -0.05) is 25.5 Å². The average molecular weight is 735 g/mol. The van der Waals surface area contributed by atoms with Crippen LogP contribution in [0.1, 0.15) is 98.3 Å². The normalized spacial score (nSPS) is 51.8. The number of aliphatic hydroxyl groups is 6. The molecule has 12 heteroatoms. The standard InChI is InChI=1S/C20H32O6.C20H30O6/c2*1-11(22)26-16-4-3-14-17-15(24)8-12-7-13(23)5-6-19(12,2)18(17)25-10-20(14,16)9-21/h12-18,21,23-24H,3-10H2,1-2H3;8,13-18,21,23-24H,3-7,9-10H2,1-2H3/t12?,13-,14?,15-,16-,17?,18?,19-,20-;13-,14?,15-,16-,17?,18?,19-,20-/m00/s1. The van der Waals surface area contributed by atoms with Crippen LogP contribution in [0.25, 0.3) is 0 Å². The van der Waals surface area contributed by atoms with E-state index in [1.165, 1.54) is 13.8 Å². The highest BCUT2D eigenvalue weighted by Crippen LogP contribution is 2.63. The number of carbonyl (C=O) groups is 2. The van der Waals surface area contributed by atoms with Crippen LogP contribution in [0.3, 0.4) is 0 Å². The van der Waals surface area contributed by atoms with E-state index in [2.05, 4.69) is 13.8 Å². The first kappa shape index (κ1) is 38.6. The lowest BCUT2D eigenvalue weighted by Crippen LogP contribution is -2.65. The SMILES string of the molecule is CC(=O)O[C@H]1CCC2C3C(OC[C@@]21CO)[C@@]1(C)CC[C@H](O)CC1=C[C@@H]3O.CC(=O)O[C@H]1CCC2C3C(OC[C@@]21CO)[C@@]1(C)CC[C@H](O)CC1C[C@@H]3O. The van der Waals surface area contributed by atoms with Gasteiger partial charge in [0.2, 0.25) is 0 Å². The molecule has 8 aliphatic rings. The summed E-state index contributed by atoms with van der Waals surface area (Å²) in [5.41, 5.74) is -0.389. The van der Waals surface area contributed by atoms with Crippen LogP contribution < -0.4 is 0 Å². The van der Waals surface area contributed by atoms with Gasteiger partial charge in [0.15, 0.2) is 0 Å². The summed E-state index contributed by atoms with van der Waals surface area (Å²) in [4.78, 5) is 23.1. The Kier molecular flexibility index (Phi) is 10.5. The summed E-state index contributed by atoms with van der Waals surface area (Å²) >= 11 is 0. The van der Waals surface area contributed by atoms with Gasteiger partial charge in [-0.05, 0) is 93.8 Å². The van der Waals surface area contributed by atoms with Crippen LogP contribution in [0.15, 0.2) is 11.6 Å². The predicted molar refractivity (Wildman–Crippen MR) is 186 cm³/mol. The fourth-order valence-electron chi connectivity index (χ4n) is 13.1. The zero-order chi connectivity index (χ0) is 37.4. The van der Waals surface area contributed by atoms with Crippen molar-refractivity contribution in [2.45, 2.75) is 147 Å². The maximum absolute atomic E-state index is 11.5. The van der Waals surface area contributed by atoms with Gasteiger partial charge in [0.25, 0.3) is 0 Å². The molecule has 0 aromatic heterocycles. The Labute approximate surface area is 307 Å². The molecule has 7 unspecified atom stereocenters. The predicted octanol–water partition coefficient (Wildman–Crippen LogP) is 2.43. The monoisotopic (exact) mass is 734 g/mol. The van der Waals surface area contributed by atoms with E-state index in [4.69, 9.17) is 18.9 Å². The highest BCUT2D eigenvalue weighted by atomic mass is 16.6. The maximum atomic E-state index is 11.5. The number of ether oxygens (including phenoxy) is 4. The van der Waals surface area contributed by atoms with Crippen molar-refractivity contribution < 1.29 is 59.2 Å². The lowest BCUT2D eigenvalue weighted by atomic mass is 9.50. The van der Waals surface area contributed by atoms with Crippen LogP contribution in [-0.4, -0.2) is 118 Å². The van der Waals surface area contributed by atoms with E-state index < -0.39 is 23.0 Å². The van der Waals surface area contributed by atoms with Crippen LogP contribution in [0.4, 0.5) is 0 Å². The first-order valence-electron chi connectivity index (χ1n) is 19.9. The first-order chi connectivity index (χ1) is 24.6. The van der Waals surface area contributed by atoms with Crippen molar-refractivity contribution in [1.82, 2.24) is 0 Å². The summed E-state index contributed by atoms with van der Waals surface area (Å²) in [6, 6.07) is 0. The number of aliphatic hydroxyl groups excluding tert-OH is 6. The lowest BCUT2D eigenvalue weighted by molar-refractivity contribution is -0.262. The minimum atomic E-state index is -0.666. The molecule has 6 aliphatic carbocycles. The first-order valence-corrected chi connectivity index (χ1v) is 19.9. The molecule has 52 heavy (non-hydrogen) atoms. The zero-order valence-electron chi connectivity index (χ0n) is 31.3. The summed E-state index contributed by atoms with van der Waals surface area (Å²) in [5, 5.41) is 62.6. The second-order valence-electron chi connectivity index (χ2n) is 18.4. The van der Waals surface area contributed by atoms with Crippen molar-refractivity contribution in [2.24, 2.45) is 51.2 Å². The molecule has 12 nitrogen and oxygen atoms in total. The zero-order valence-corrected chi connectivity index (χ0v) is 31.3. The van der Waals surface area contributed by atoms with Gasteiger partial charge in [0, 0.05) is 31.1 Å². The summed E-state index contributed by atoms with van der Waals surface area (Å²) < 4.78 is 23.8. The van der Waals surface area contributed by atoms with Gasteiger partial charge in [-0.2, -0.15) is 0 Å². The molecule has 2 aliphatic heterocycles. The van der Waals surface area contributed by atoms with Crippen LogP contribution in [-0.2, 0) is 28.5 Å². The van der Waals surface area contributed by atoms with Crippen molar-refractivity contribution in [1.29, 1.82) is 0 Å². The molecule has 0 amide bonds. The minimum absolute atomic E-state index is 0.0482. The molecule has 8 rings (SSSR count). The molecule has 0 radical (unpaired) electrons. The van der Waals surface area contributed by atoms with E-state index in [-0.39, 0.29) is 102 Å². The third-order valence-corrected chi connectivity index (χ3v) is 15.8. The molecule has 2 saturated heterocycles. The molecular formula is C40H62O12. The average Bonchev–Trinajstić information content (AvgIpc) is 3.65. The summed E-state index contributed by atoms with van der Waals surface area (Å²) in [5.74, 6) is -0.446. The number of esters is 2. The van der Waals surface area contributed by atoms with Gasteiger partial charge < -0.3 is 49.6 Å². The van der Waals surface area contributed by atoms with E-state index in [9.17, 15) is 40.2 Å². The third-order valence-electron chi connectivity index (χ3n) is 15.8. The Balaban J connectivity index is 0.000000162. The molecule has 0 aromatic carbocycles. The quantitative estimate of drug-likeness (QED) is 0.183. The fraction of sp³-hybridized carbons (Fsp3) is 0.900. The molecule has 0 aromatic rings. The molecule has 0 bridgehead atoms. The Morgan fingerprint density at radius 3 is 1.88 bits per heavy atom. The number of hydrogen-bond acceptors (Lipinski definition) is 12. The summed E-state index contributed by atoms with van der Waals surface area (Å²) in [6.45, 7) is 7.72. The fourth-order valence-corrected chi connectivity index (χ4v) is 13.1. The molecule has 6 N–H and O–H groups in total. The number of rotatable bonds is 4. The van der Waals surface area contributed by atoms with E-state index in [1.807, 2.05) is 6.08 Å². The van der Waals surface area contributed by atoms with Gasteiger partial charge in [0.05, 0.1) is 73.9 Å². The van der Waals surface area contributed by atoms with E-state index in [1.54, 1.807) is 0 Å². The summed E-state index contributed by atoms with van der Waals surface area (Å²) in [7, 11) is 0. The van der Waals surface area contributed by atoms with E-state index >= 15 is 0 Å². The molecule has 17 atom stereocenters. The van der Waals surface area contributed by atoms with Crippen LogP contribution >= 0.6 is 0 Å². The number of hydrogen-bond donors (Lipinski definition) is 6. The molecule has 294 valence electrons.